The normalized spacial score (nSPS) is 39.1. The highest BCUT2D eigenvalue weighted by atomic mass is 19.1. The van der Waals surface area contributed by atoms with Gasteiger partial charge < -0.3 is 14.9 Å². The van der Waals surface area contributed by atoms with Crippen LogP contribution in [0.5, 0.6) is 0 Å². The lowest BCUT2D eigenvalue weighted by Gasteiger charge is -2.09. The van der Waals surface area contributed by atoms with Gasteiger partial charge in [-0.1, -0.05) is 0 Å². The fourth-order valence-electron chi connectivity index (χ4n) is 1.21. The Morgan fingerprint density at radius 2 is 2.08 bits per heavy atom. The molecule has 0 saturated carbocycles. The van der Waals surface area contributed by atoms with Crippen molar-refractivity contribution in [2.24, 2.45) is 0 Å². The smallest absolute Gasteiger partial charge is 0.112 e. The zero-order valence-electron chi connectivity index (χ0n) is 7.14. The number of allylic oxidation sites excluding steroid dienone is 1. The molecule has 1 aliphatic heterocycles. The molecule has 0 spiro atoms. The first-order chi connectivity index (χ1) is 6.16. The zero-order chi connectivity index (χ0) is 9.84. The number of aliphatic hydroxyl groups excluding tert-OH is 2. The maximum atomic E-state index is 11.4. The molecule has 4 atom stereocenters. The number of hydrogen-bond donors (Lipinski definition) is 2. The molecule has 1 aliphatic rings. The van der Waals surface area contributed by atoms with Gasteiger partial charge in [0.15, 0.2) is 0 Å². The molecule has 2 N–H and O–H groups in total. The van der Waals surface area contributed by atoms with Gasteiger partial charge in [0.05, 0.1) is 6.10 Å². The van der Waals surface area contributed by atoms with Gasteiger partial charge in [0.2, 0.25) is 0 Å². The molecule has 0 radical (unpaired) electrons. The van der Waals surface area contributed by atoms with E-state index >= 15 is 0 Å². The van der Waals surface area contributed by atoms with E-state index in [4.69, 9.17) is 4.74 Å². The maximum Gasteiger partial charge on any atom is 0.112 e. The van der Waals surface area contributed by atoms with E-state index in [0.717, 1.165) is 0 Å². The summed E-state index contributed by atoms with van der Waals surface area (Å²) in [6.45, 7) is 1.66. The molecule has 1 saturated heterocycles. The number of ether oxygens (including phenoxy) is 1. The Balaban J connectivity index is 2.56. The number of rotatable bonds is 1. The third-order valence-corrected chi connectivity index (χ3v) is 1.96. The molecule has 0 aromatic heterocycles. The van der Waals surface area contributed by atoms with E-state index in [-0.39, 0.29) is 0 Å². The Hall–Kier alpha value is -0.890. The molecular weight excluding hydrogens is 175 g/mol. The van der Waals surface area contributed by atoms with Crippen LogP contribution in [0.4, 0.5) is 4.39 Å². The van der Waals surface area contributed by atoms with Gasteiger partial charge in [0.25, 0.3) is 0 Å². The lowest BCUT2D eigenvalue weighted by atomic mass is 10.1. The molecule has 1 rings (SSSR count). The van der Waals surface area contributed by atoms with Crippen molar-refractivity contribution in [3.05, 3.63) is 12.2 Å². The van der Waals surface area contributed by atoms with Crippen molar-refractivity contribution < 1.29 is 19.3 Å². The second kappa shape index (κ2) is 4.38. The van der Waals surface area contributed by atoms with E-state index in [2.05, 4.69) is 5.92 Å². The number of aliphatic hydroxyl groups is 2. The molecule has 1 heterocycles. The summed E-state index contributed by atoms with van der Waals surface area (Å²) in [6.07, 6.45) is 0.982. The lowest BCUT2D eigenvalue weighted by Crippen LogP contribution is -2.30. The summed E-state index contributed by atoms with van der Waals surface area (Å²) in [5.41, 5.74) is 0. The average Bonchev–Trinajstić information content (AvgIpc) is 2.34. The molecule has 0 aromatic rings. The molecule has 0 bridgehead atoms. The molecule has 4 heteroatoms. The molecule has 3 nitrogen and oxygen atoms in total. The van der Waals surface area contributed by atoms with Gasteiger partial charge in [-0.05, 0) is 25.0 Å². The molecular formula is C9H11FO3. The molecule has 72 valence electrons. The van der Waals surface area contributed by atoms with Gasteiger partial charge >= 0.3 is 0 Å². The van der Waals surface area contributed by atoms with E-state index in [9.17, 15) is 14.6 Å². The zero-order valence-corrected chi connectivity index (χ0v) is 7.14. The van der Waals surface area contributed by atoms with Crippen molar-refractivity contribution in [3.8, 4) is 12.1 Å². The topological polar surface area (TPSA) is 49.7 Å². The van der Waals surface area contributed by atoms with Crippen molar-refractivity contribution in [1.29, 1.82) is 0 Å². The van der Waals surface area contributed by atoms with Crippen LogP contribution >= 0.6 is 0 Å². The van der Waals surface area contributed by atoms with Crippen LogP contribution in [0.15, 0.2) is 12.2 Å². The minimum absolute atomic E-state index is 0.414. The quantitative estimate of drug-likeness (QED) is 0.566. The van der Waals surface area contributed by atoms with Gasteiger partial charge in [0, 0.05) is 0 Å². The Morgan fingerprint density at radius 1 is 1.38 bits per heavy atom. The first-order valence-electron chi connectivity index (χ1n) is 3.96. The molecule has 1 unspecified atom stereocenters. The van der Waals surface area contributed by atoms with Crippen molar-refractivity contribution in [1.82, 2.24) is 0 Å². The highest BCUT2D eigenvalue weighted by molar-refractivity contribution is 5.15. The van der Waals surface area contributed by atoms with Crippen LogP contribution in [0, 0.1) is 12.1 Å². The third kappa shape index (κ3) is 2.28. The van der Waals surface area contributed by atoms with Crippen LogP contribution in [0.3, 0.4) is 0 Å². The van der Waals surface area contributed by atoms with E-state index in [1.54, 1.807) is 6.92 Å². The highest BCUT2D eigenvalue weighted by Gasteiger charge is 2.38. The van der Waals surface area contributed by atoms with Crippen molar-refractivity contribution in [2.45, 2.75) is 31.3 Å². The summed E-state index contributed by atoms with van der Waals surface area (Å²) in [5, 5.41) is 18.6. The Bertz CT molecular complexity index is 253. The maximum absolute atomic E-state index is 11.4. The molecule has 1 fully saturated rings. The largest absolute Gasteiger partial charge is 0.388 e. The SMILES string of the molecule is C[C@@H]1O[C@H](C=CC#CF)[C@H](O)C1O. The minimum Gasteiger partial charge on any atom is -0.388 e. The number of hydrogen-bond acceptors (Lipinski definition) is 3. The van der Waals surface area contributed by atoms with Gasteiger partial charge in [-0.3, -0.25) is 0 Å². The first kappa shape index (κ1) is 10.2. The summed E-state index contributed by atoms with van der Waals surface area (Å²) in [7, 11) is 0. The van der Waals surface area contributed by atoms with Crippen LogP contribution < -0.4 is 0 Å². The van der Waals surface area contributed by atoms with Gasteiger partial charge in [-0.25, -0.2) is 0 Å². The molecule has 0 aromatic carbocycles. The van der Waals surface area contributed by atoms with E-state index in [0.29, 0.717) is 0 Å². The fourth-order valence-corrected chi connectivity index (χ4v) is 1.21. The Morgan fingerprint density at radius 3 is 2.54 bits per heavy atom. The highest BCUT2D eigenvalue weighted by Crippen LogP contribution is 2.21. The summed E-state index contributed by atoms with van der Waals surface area (Å²) in [6, 6.07) is 0. The summed E-state index contributed by atoms with van der Waals surface area (Å²) < 4.78 is 16.5. The van der Waals surface area contributed by atoms with Crippen molar-refractivity contribution >= 4 is 0 Å². The predicted octanol–water partition coefficient (Wildman–Crippen LogP) is -0.0179. The van der Waals surface area contributed by atoms with Crippen LogP contribution in [0.2, 0.25) is 0 Å². The standard InChI is InChI=1S/C9H11FO3/c1-6-8(11)9(12)7(13-6)4-2-3-5-10/h2,4,6-9,11-12H,1H3/t6-,7+,8?,9-/m0/s1. The average molecular weight is 186 g/mol. The lowest BCUT2D eigenvalue weighted by molar-refractivity contribution is 0.0316. The molecule has 13 heavy (non-hydrogen) atoms. The van der Waals surface area contributed by atoms with Gasteiger partial charge in [-0.2, -0.15) is 0 Å². The van der Waals surface area contributed by atoms with Crippen LogP contribution in [0.25, 0.3) is 0 Å². The monoisotopic (exact) mass is 186 g/mol. The Kier molecular flexibility index (Phi) is 3.43. The minimum atomic E-state index is -0.965. The summed E-state index contributed by atoms with van der Waals surface area (Å²) in [5.74, 6) is 2.06. The predicted molar refractivity (Wildman–Crippen MR) is 44.4 cm³/mol. The molecule has 0 aliphatic carbocycles. The second-order valence-corrected chi connectivity index (χ2v) is 2.88. The van der Waals surface area contributed by atoms with Gasteiger partial charge in [-0.15, -0.1) is 4.39 Å². The van der Waals surface area contributed by atoms with Crippen LogP contribution in [0.1, 0.15) is 6.92 Å². The summed E-state index contributed by atoms with van der Waals surface area (Å²) in [4.78, 5) is 0. The second-order valence-electron chi connectivity index (χ2n) is 2.88. The first-order valence-corrected chi connectivity index (χ1v) is 3.96. The van der Waals surface area contributed by atoms with Crippen molar-refractivity contribution in [2.75, 3.05) is 0 Å². The fraction of sp³-hybridized carbons (Fsp3) is 0.556. The van der Waals surface area contributed by atoms with Crippen LogP contribution in [-0.4, -0.2) is 34.6 Å². The van der Waals surface area contributed by atoms with Crippen molar-refractivity contribution in [3.63, 3.8) is 0 Å². The van der Waals surface area contributed by atoms with Crippen LogP contribution in [-0.2, 0) is 4.74 Å². The summed E-state index contributed by atoms with van der Waals surface area (Å²) >= 11 is 0. The molecule has 0 amide bonds. The number of halogens is 1. The van der Waals surface area contributed by atoms with E-state index in [1.807, 2.05) is 0 Å². The Labute approximate surface area is 75.8 Å². The third-order valence-electron chi connectivity index (χ3n) is 1.96. The van der Waals surface area contributed by atoms with Gasteiger partial charge in [0.1, 0.15) is 24.5 Å². The van der Waals surface area contributed by atoms with E-state index in [1.165, 1.54) is 18.3 Å². The van der Waals surface area contributed by atoms with E-state index < -0.39 is 24.4 Å².